The normalized spacial score (nSPS) is 10.9. The first-order valence-corrected chi connectivity index (χ1v) is 6.29. The molecule has 0 atom stereocenters. The van der Waals surface area contributed by atoms with Crippen molar-refractivity contribution < 1.29 is 4.42 Å². The van der Waals surface area contributed by atoms with E-state index in [2.05, 4.69) is 36.1 Å². The van der Waals surface area contributed by atoms with Crippen LogP contribution < -0.4 is 5.32 Å². The van der Waals surface area contributed by atoms with E-state index < -0.39 is 0 Å². The molecule has 0 aliphatic rings. The molecular weight excluding hydrogens is 226 g/mol. The summed E-state index contributed by atoms with van der Waals surface area (Å²) in [5.41, 5.74) is 1.01. The summed E-state index contributed by atoms with van der Waals surface area (Å²) < 4.78 is 5.70. The largest absolute Gasteiger partial charge is 0.458 e. The van der Waals surface area contributed by atoms with Crippen molar-refractivity contribution in [3.63, 3.8) is 0 Å². The van der Waals surface area contributed by atoms with Gasteiger partial charge in [-0.05, 0) is 18.1 Å². The third-order valence-corrected chi connectivity index (χ3v) is 2.82. The maximum atomic E-state index is 5.70. The van der Waals surface area contributed by atoms with Crippen LogP contribution in [0.2, 0.25) is 0 Å². The van der Waals surface area contributed by atoms with Crippen LogP contribution in [0.3, 0.4) is 0 Å². The minimum atomic E-state index is 0.361. The van der Waals surface area contributed by atoms with Gasteiger partial charge in [0.05, 0.1) is 0 Å². The van der Waals surface area contributed by atoms with E-state index in [-0.39, 0.29) is 0 Å². The lowest BCUT2D eigenvalue weighted by atomic mass is 10.1. The van der Waals surface area contributed by atoms with Gasteiger partial charge in [-0.1, -0.05) is 20.8 Å². The second kappa shape index (κ2) is 5.21. The molecule has 4 nitrogen and oxygen atoms in total. The van der Waals surface area contributed by atoms with Crippen molar-refractivity contribution in [3.8, 4) is 11.6 Å². The summed E-state index contributed by atoms with van der Waals surface area (Å²) in [7, 11) is 1.86. The number of nitrogens with zero attached hydrogens (tertiary/aromatic N) is 2. The SMILES string of the molecule is CCc1ccc(-c2nc(NC)cc(C(C)C)n2)o1. The molecule has 0 radical (unpaired) electrons. The molecule has 2 aromatic rings. The Labute approximate surface area is 107 Å². The first kappa shape index (κ1) is 12.6. The summed E-state index contributed by atoms with van der Waals surface area (Å²) >= 11 is 0. The summed E-state index contributed by atoms with van der Waals surface area (Å²) in [5, 5.41) is 3.06. The fourth-order valence-electron chi connectivity index (χ4n) is 1.69. The smallest absolute Gasteiger partial charge is 0.197 e. The molecule has 0 aliphatic heterocycles. The monoisotopic (exact) mass is 245 g/mol. The highest BCUT2D eigenvalue weighted by Gasteiger charge is 2.11. The Balaban J connectivity index is 2.45. The standard InChI is InChI=1S/C14H19N3O/c1-5-10-6-7-12(18-10)14-16-11(9(2)3)8-13(15-4)17-14/h6-9H,5H2,1-4H3,(H,15,16,17). The van der Waals surface area contributed by atoms with Crippen LogP contribution >= 0.6 is 0 Å². The zero-order valence-electron chi connectivity index (χ0n) is 11.3. The van der Waals surface area contributed by atoms with Crippen molar-refractivity contribution >= 4 is 5.82 Å². The zero-order valence-corrected chi connectivity index (χ0v) is 11.3. The van der Waals surface area contributed by atoms with Crippen LogP contribution in [-0.2, 0) is 6.42 Å². The summed E-state index contributed by atoms with van der Waals surface area (Å²) in [6, 6.07) is 5.87. The molecule has 0 aliphatic carbocycles. The van der Waals surface area contributed by atoms with Gasteiger partial charge < -0.3 is 9.73 Å². The molecule has 96 valence electrons. The van der Waals surface area contributed by atoms with Gasteiger partial charge in [0, 0.05) is 25.2 Å². The quantitative estimate of drug-likeness (QED) is 0.896. The third-order valence-electron chi connectivity index (χ3n) is 2.82. The number of aromatic nitrogens is 2. The molecule has 18 heavy (non-hydrogen) atoms. The molecule has 1 N–H and O–H groups in total. The van der Waals surface area contributed by atoms with E-state index in [0.717, 1.165) is 29.5 Å². The van der Waals surface area contributed by atoms with Gasteiger partial charge >= 0.3 is 0 Å². The molecule has 0 amide bonds. The Kier molecular flexibility index (Phi) is 3.65. The van der Waals surface area contributed by atoms with E-state index in [1.807, 2.05) is 25.2 Å². The van der Waals surface area contributed by atoms with Gasteiger partial charge in [0.25, 0.3) is 0 Å². The Morgan fingerprint density at radius 2 is 2.06 bits per heavy atom. The van der Waals surface area contributed by atoms with Crippen molar-refractivity contribution in [2.75, 3.05) is 12.4 Å². The first-order chi connectivity index (χ1) is 8.63. The van der Waals surface area contributed by atoms with Gasteiger partial charge in [0.15, 0.2) is 11.6 Å². The van der Waals surface area contributed by atoms with Crippen LogP contribution in [0.4, 0.5) is 5.82 Å². The Morgan fingerprint density at radius 1 is 1.28 bits per heavy atom. The van der Waals surface area contributed by atoms with Crippen molar-refractivity contribution in [3.05, 3.63) is 29.7 Å². The van der Waals surface area contributed by atoms with Crippen molar-refractivity contribution in [1.82, 2.24) is 9.97 Å². The van der Waals surface area contributed by atoms with Crippen LogP contribution in [0.5, 0.6) is 0 Å². The van der Waals surface area contributed by atoms with E-state index >= 15 is 0 Å². The van der Waals surface area contributed by atoms with Crippen molar-refractivity contribution in [2.24, 2.45) is 0 Å². The molecule has 0 fully saturated rings. The molecule has 0 saturated carbocycles. The lowest BCUT2D eigenvalue weighted by Gasteiger charge is -2.08. The van der Waals surface area contributed by atoms with Gasteiger partial charge in [-0.25, -0.2) is 9.97 Å². The molecule has 0 spiro atoms. The molecule has 0 bridgehead atoms. The highest BCUT2D eigenvalue weighted by molar-refractivity contribution is 5.52. The Morgan fingerprint density at radius 3 is 2.61 bits per heavy atom. The zero-order chi connectivity index (χ0) is 13.1. The second-order valence-corrected chi connectivity index (χ2v) is 4.53. The minimum Gasteiger partial charge on any atom is -0.458 e. The van der Waals surface area contributed by atoms with E-state index in [1.165, 1.54) is 0 Å². The molecule has 2 aromatic heterocycles. The number of nitrogens with one attached hydrogen (secondary N) is 1. The molecule has 2 rings (SSSR count). The predicted octanol–water partition coefficient (Wildman–Crippen LogP) is 3.46. The molecule has 0 unspecified atom stereocenters. The predicted molar refractivity (Wildman–Crippen MR) is 72.7 cm³/mol. The number of furan rings is 1. The van der Waals surface area contributed by atoms with Crippen molar-refractivity contribution in [1.29, 1.82) is 0 Å². The Hall–Kier alpha value is -1.84. The van der Waals surface area contributed by atoms with E-state index in [9.17, 15) is 0 Å². The van der Waals surface area contributed by atoms with E-state index in [1.54, 1.807) is 0 Å². The molecule has 0 saturated heterocycles. The number of rotatable bonds is 4. The number of hydrogen-bond donors (Lipinski definition) is 1. The van der Waals surface area contributed by atoms with Gasteiger partial charge in [-0.15, -0.1) is 0 Å². The van der Waals surface area contributed by atoms with Gasteiger partial charge in [0.1, 0.15) is 11.6 Å². The van der Waals surface area contributed by atoms with E-state index in [4.69, 9.17) is 4.42 Å². The number of aryl methyl sites for hydroxylation is 1. The lowest BCUT2D eigenvalue weighted by Crippen LogP contribution is -2.01. The molecule has 2 heterocycles. The summed E-state index contributed by atoms with van der Waals surface area (Å²) in [4.78, 5) is 8.99. The Bertz CT molecular complexity index is 532. The summed E-state index contributed by atoms with van der Waals surface area (Å²) in [6.45, 7) is 6.30. The highest BCUT2D eigenvalue weighted by Crippen LogP contribution is 2.23. The van der Waals surface area contributed by atoms with Crippen LogP contribution in [0.25, 0.3) is 11.6 Å². The molecular formula is C14H19N3O. The first-order valence-electron chi connectivity index (χ1n) is 6.29. The lowest BCUT2D eigenvalue weighted by molar-refractivity contribution is 0.525. The van der Waals surface area contributed by atoms with Crippen LogP contribution in [0.15, 0.2) is 22.6 Å². The highest BCUT2D eigenvalue weighted by atomic mass is 16.3. The second-order valence-electron chi connectivity index (χ2n) is 4.53. The fraction of sp³-hybridized carbons (Fsp3) is 0.429. The minimum absolute atomic E-state index is 0.361. The number of hydrogen-bond acceptors (Lipinski definition) is 4. The van der Waals surface area contributed by atoms with Crippen molar-refractivity contribution in [2.45, 2.75) is 33.1 Å². The average molecular weight is 245 g/mol. The summed E-state index contributed by atoms with van der Waals surface area (Å²) in [5.74, 6) is 3.50. The van der Waals surface area contributed by atoms with E-state index in [0.29, 0.717) is 11.7 Å². The third kappa shape index (κ3) is 2.53. The average Bonchev–Trinajstić information content (AvgIpc) is 2.86. The topological polar surface area (TPSA) is 51.0 Å². The number of anilines is 1. The fourth-order valence-corrected chi connectivity index (χ4v) is 1.69. The molecule has 4 heteroatoms. The van der Waals surface area contributed by atoms with Crippen LogP contribution in [0.1, 0.15) is 38.1 Å². The molecule has 0 aromatic carbocycles. The van der Waals surface area contributed by atoms with Gasteiger partial charge in [-0.2, -0.15) is 0 Å². The maximum Gasteiger partial charge on any atom is 0.197 e. The summed E-state index contributed by atoms with van der Waals surface area (Å²) in [6.07, 6.45) is 0.878. The van der Waals surface area contributed by atoms with Crippen LogP contribution in [-0.4, -0.2) is 17.0 Å². The van der Waals surface area contributed by atoms with Gasteiger partial charge in [0.2, 0.25) is 0 Å². The maximum absolute atomic E-state index is 5.70. The van der Waals surface area contributed by atoms with Crippen LogP contribution in [0, 0.1) is 0 Å². The van der Waals surface area contributed by atoms with Gasteiger partial charge in [-0.3, -0.25) is 0 Å².